The second-order valence-corrected chi connectivity index (χ2v) is 9.72. The molecule has 0 aliphatic rings. The van der Waals surface area contributed by atoms with Crippen LogP contribution in [0.2, 0.25) is 5.02 Å². The summed E-state index contributed by atoms with van der Waals surface area (Å²) >= 11 is 8.05. The van der Waals surface area contributed by atoms with Gasteiger partial charge in [-0.25, -0.2) is 8.42 Å². The van der Waals surface area contributed by atoms with Gasteiger partial charge in [0.2, 0.25) is 0 Å². The molecular weight excluding hydrogens is 492 g/mol. The van der Waals surface area contributed by atoms with Crippen molar-refractivity contribution in [2.75, 3.05) is 10.0 Å². The molecular formula is C19H11ClN6O3S3. The van der Waals surface area contributed by atoms with E-state index in [1.807, 2.05) is 0 Å². The average Bonchev–Trinajstić information content (AvgIpc) is 3.44. The molecule has 0 fully saturated rings. The number of hydrogen-bond acceptors (Lipinski definition) is 9. The van der Waals surface area contributed by atoms with E-state index in [9.17, 15) is 13.2 Å². The fraction of sp³-hybridized carbons (Fsp3) is 0. The van der Waals surface area contributed by atoms with Gasteiger partial charge in [-0.05, 0) is 42.5 Å². The van der Waals surface area contributed by atoms with E-state index >= 15 is 0 Å². The Balaban J connectivity index is 1.51. The van der Waals surface area contributed by atoms with Crippen LogP contribution < -0.4 is 10.0 Å². The third-order valence-corrected chi connectivity index (χ3v) is 7.26. The van der Waals surface area contributed by atoms with Crippen LogP contribution in [0.15, 0.2) is 59.5 Å². The number of aromatic nitrogens is 4. The number of fused-ring (bicyclic) bond motifs is 2. The predicted molar refractivity (Wildman–Crippen MR) is 125 cm³/mol. The summed E-state index contributed by atoms with van der Waals surface area (Å²) in [5.41, 5.74) is 2.47. The van der Waals surface area contributed by atoms with Crippen LogP contribution in [0.4, 0.5) is 11.4 Å². The van der Waals surface area contributed by atoms with Gasteiger partial charge < -0.3 is 5.32 Å². The van der Waals surface area contributed by atoms with E-state index in [2.05, 4.69) is 27.5 Å². The van der Waals surface area contributed by atoms with Crippen LogP contribution in [0.5, 0.6) is 0 Å². The lowest BCUT2D eigenvalue weighted by molar-refractivity contribution is 0.102. The molecule has 0 saturated heterocycles. The molecule has 0 radical (unpaired) electrons. The number of anilines is 2. The molecule has 9 nitrogen and oxygen atoms in total. The highest BCUT2D eigenvalue weighted by Gasteiger charge is 2.23. The van der Waals surface area contributed by atoms with E-state index < -0.39 is 15.9 Å². The molecule has 13 heteroatoms. The van der Waals surface area contributed by atoms with Gasteiger partial charge in [-0.2, -0.15) is 17.5 Å². The topological polar surface area (TPSA) is 127 Å². The summed E-state index contributed by atoms with van der Waals surface area (Å²) < 4.78 is 45.2. The van der Waals surface area contributed by atoms with Crippen LogP contribution in [0.3, 0.4) is 0 Å². The van der Waals surface area contributed by atoms with Crippen LogP contribution >= 0.6 is 35.1 Å². The summed E-state index contributed by atoms with van der Waals surface area (Å²) in [7, 11) is -4.07. The van der Waals surface area contributed by atoms with Crippen molar-refractivity contribution in [1.82, 2.24) is 17.5 Å². The maximum absolute atomic E-state index is 13.1. The Labute approximate surface area is 194 Å². The molecule has 160 valence electrons. The molecule has 0 bridgehead atoms. The number of carbonyl (C=O) groups excluding carboxylic acids is 1. The first-order chi connectivity index (χ1) is 15.4. The number of nitrogens with zero attached hydrogens (tertiary/aromatic N) is 4. The summed E-state index contributed by atoms with van der Waals surface area (Å²) in [6, 6.07) is 14.2. The monoisotopic (exact) mass is 502 g/mol. The molecule has 2 heterocycles. The number of halogens is 1. The molecule has 3 aromatic carbocycles. The summed E-state index contributed by atoms with van der Waals surface area (Å²) in [6.45, 7) is 0. The Morgan fingerprint density at radius 3 is 2.31 bits per heavy atom. The number of rotatable bonds is 5. The Bertz CT molecular complexity index is 1600. The van der Waals surface area contributed by atoms with Crippen LogP contribution in [0.1, 0.15) is 10.4 Å². The van der Waals surface area contributed by atoms with E-state index in [4.69, 9.17) is 11.6 Å². The van der Waals surface area contributed by atoms with Crippen LogP contribution in [-0.4, -0.2) is 31.8 Å². The molecule has 32 heavy (non-hydrogen) atoms. The van der Waals surface area contributed by atoms with Gasteiger partial charge in [0.05, 0.1) is 40.4 Å². The van der Waals surface area contributed by atoms with Crippen molar-refractivity contribution in [3.8, 4) is 0 Å². The van der Waals surface area contributed by atoms with Gasteiger partial charge in [0, 0.05) is 5.02 Å². The predicted octanol–water partition coefficient (Wildman–Crippen LogP) is 4.40. The highest BCUT2D eigenvalue weighted by atomic mass is 35.5. The first-order valence-corrected chi connectivity index (χ1v) is 12.3. The Morgan fingerprint density at radius 1 is 0.844 bits per heavy atom. The van der Waals surface area contributed by atoms with E-state index in [1.165, 1.54) is 24.3 Å². The largest absolute Gasteiger partial charge is 0.320 e. The molecule has 0 aliphatic carbocycles. The van der Waals surface area contributed by atoms with Gasteiger partial charge in [-0.15, -0.1) is 0 Å². The van der Waals surface area contributed by atoms with Gasteiger partial charge >= 0.3 is 0 Å². The van der Waals surface area contributed by atoms with Crippen molar-refractivity contribution in [1.29, 1.82) is 0 Å². The minimum atomic E-state index is -4.07. The van der Waals surface area contributed by atoms with Gasteiger partial charge in [-0.1, -0.05) is 23.7 Å². The molecule has 5 aromatic rings. The minimum Gasteiger partial charge on any atom is -0.320 e. The third kappa shape index (κ3) is 3.77. The van der Waals surface area contributed by atoms with E-state index in [1.54, 1.807) is 30.3 Å². The van der Waals surface area contributed by atoms with Crippen molar-refractivity contribution >= 4 is 84.4 Å². The summed E-state index contributed by atoms with van der Waals surface area (Å²) in [5, 5.41) is 3.03. The molecule has 5 rings (SSSR count). The lowest BCUT2D eigenvalue weighted by atomic mass is 10.1. The normalized spacial score (nSPS) is 11.7. The molecule has 1 amide bonds. The van der Waals surface area contributed by atoms with Crippen LogP contribution in [-0.2, 0) is 10.0 Å². The molecule has 0 spiro atoms. The average molecular weight is 503 g/mol. The molecule has 2 N–H and O–H groups in total. The molecule has 0 atom stereocenters. The van der Waals surface area contributed by atoms with Crippen molar-refractivity contribution in [2.24, 2.45) is 0 Å². The maximum Gasteiger partial charge on any atom is 0.264 e. The minimum absolute atomic E-state index is 0.0385. The van der Waals surface area contributed by atoms with E-state index in [0.717, 1.165) is 23.5 Å². The number of carbonyl (C=O) groups is 1. The zero-order valence-corrected chi connectivity index (χ0v) is 19.0. The quantitative estimate of drug-likeness (QED) is 0.364. The van der Waals surface area contributed by atoms with Gasteiger partial charge in [0.15, 0.2) is 0 Å². The van der Waals surface area contributed by atoms with Crippen LogP contribution in [0.25, 0.3) is 22.1 Å². The fourth-order valence-corrected chi connectivity index (χ4v) is 5.66. The highest BCUT2D eigenvalue weighted by molar-refractivity contribution is 7.93. The summed E-state index contributed by atoms with van der Waals surface area (Å²) in [6.07, 6.45) is 0. The van der Waals surface area contributed by atoms with Crippen LogP contribution in [0, 0.1) is 0 Å². The zero-order chi connectivity index (χ0) is 22.3. The first-order valence-electron chi connectivity index (χ1n) is 8.99. The van der Waals surface area contributed by atoms with E-state index in [0.29, 0.717) is 22.2 Å². The Hall–Kier alpha value is -3.19. The van der Waals surface area contributed by atoms with E-state index in [-0.39, 0.29) is 26.7 Å². The number of amides is 1. The molecule has 0 unspecified atom stereocenters. The van der Waals surface area contributed by atoms with Gasteiger partial charge in [-0.3, -0.25) is 9.52 Å². The summed E-state index contributed by atoms with van der Waals surface area (Å²) in [4.78, 5) is 13.0. The van der Waals surface area contributed by atoms with Gasteiger partial charge in [0.25, 0.3) is 15.9 Å². The van der Waals surface area contributed by atoms with Crippen molar-refractivity contribution in [3.05, 3.63) is 65.2 Å². The second kappa shape index (κ2) is 8.06. The molecule has 2 aromatic heterocycles. The number of nitrogens with one attached hydrogen (secondary N) is 2. The lowest BCUT2D eigenvalue weighted by Gasteiger charge is -2.13. The van der Waals surface area contributed by atoms with Gasteiger partial charge in [0.1, 0.15) is 27.0 Å². The number of hydrogen-bond donors (Lipinski definition) is 2. The Kier molecular flexibility index (Phi) is 5.21. The number of sulfonamides is 1. The third-order valence-electron chi connectivity index (χ3n) is 4.54. The smallest absolute Gasteiger partial charge is 0.264 e. The zero-order valence-electron chi connectivity index (χ0n) is 15.8. The number of benzene rings is 3. The first kappa shape index (κ1) is 20.7. The lowest BCUT2D eigenvalue weighted by Crippen LogP contribution is -2.19. The van der Waals surface area contributed by atoms with Crippen molar-refractivity contribution in [2.45, 2.75) is 4.90 Å². The van der Waals surface area contributed by atoms with Crippen molar-refractivity contribution < 1.29 is 13.2 Å². The summed E-state index contributed by atoms with van der Waals surface area (Å²) in [5.74, 6) is -0.556. The fourth-order valence-electron chi connectivity index (χ4n) is 3.09. The maximum atomic E-state index is 13.1. The molecule has 0 saturated carbocycles. The molecule has 0 aliphatic heterocycles. The Morgan fingerprint density at radius 2 is 1.53 bits per heavy atom. The SMILES string of the molecule is O=C(Nc1cccc2nsnc12)c1cc(Cl)ccc1NS(=O)(=O)c1cccc2nsnc12. The van der Waals surface area contributed by atoms with Crippen molar-refractivity contribution in [3.63, 3.8) is 0 Å². The second-order valence-electron chi connectivity index (χ2n) is 6.58. The highest BCUT2D eigenvalue weighted by Crippen LogP contribution is 2.28. The standard InChI is InChI=1S/C19H11ClN6O3S3/c20-10-7-8-12(26-32(28,29)16-6-2-5-15-18(16)25-31-23-15)11(9-10)19(27)21-13-3-1-4-14-17(13)24-30-22-14/h1-9,26H,(H,21,27).